The Labute approximate surface area is 147 Å². The van der Waals surface area contributed by atoms with Gasteiger partial charge in [0.2, 0.25) is 0 Å². The molecule has 0 spiro atoms. The molecular weight excluding hydrogens is 312 g/mol. The Bertz CT molecular complexity index is 861. The summed E-state index contributed by atoms with van der Waals surface area (Å²) >= 11 is 0. The van der Waals surface area contributed by atoms with Crippen LogP contribution < -0.4 is 10.6 Å². The van der Waals surface area contributed by atoms with E-state index < -0.39 is 0 Å². The lowest BCUT2D eigenvalue weighted by Gasteiger charge is -2.10. The van der Waals surface area contributed by atoms with Crippen LogP contribution in [0.4, 0.5) is 11.4 Å². The highest BCUT2D eigenvalue weighted by molar-refractivity contribution is 5.92. The minimum Gasteiger partial charge on any atom is -0.354 e. The predicted molar refractivity (Wildman–Crippen MR) is 98.8 cm³/mol. The summed E-state index contributed by atoms with van der Waals surface area (Å²) in [7, 11) is 0. The molecule has 2 N–H and O–H groups in total. The second kappa shape index (κ2) is 7.57. The van der Waals surface area contributed by atoms with Gasteiger partial charge in [-0.2, -0.15) is 0 Å². The van der Waals surface area contributed by atoms with Crippen molar-refractivity contribution >= 4 is 17.3 Å². The van der Waals surface area contributed by atoms with E-state index >= 15 is 0 Å². The van der Waals surface area contributed by atoms with Gasteiger partial charge >= 0.3 is 0 Å². The largest absolute Gasteiger partial charge is 0.354 e. The van der Waals surface area contributed by atoms with Crippen LogP contribution in [0.25, 0.3) is 0 Å². The van der Waals surface area contributed by atoms with Gasteiger partial charge in [0.25, 0.3) is 5.91 Å². The fourth-order valence-electron chi connectivity index (χ4n) is 2.48. The molecule has 126 valence electrons. The number of rotatable bonds is 5. The highest BCUT2D eigenvalue weighted by atomic mass is 16.1. The molecule has 3 aromatic rings. The van der Waals surface area contributed by atoms with E-state index in [1.165, 1.54) is 5.56 Å². The van der Waals surface area contributed by atoms with E-state index in [-0.39, 0.29) is 5.91 Å². The molecule has 5 heteroatoms. The summed E-state index contributed by atoms with van der Waals surface area (Å²) in [5, 5.41) is 6.13. The number of hydrogen-bond acceptors (Lipinski definition) is 4. The van der Waals surface area contributed by atoms with Gasteiger partial charge in [0, 0.05) is 11.9 Å². The third-order valence-corrected chi connectivity index (χ3v) is 3.81. The molecule has 1 aromatic carbocycles. The van der Waals surface area contributed by atoms with Gasteiger partial charge in [-0.25, -0.2) is 4.98 Å². The number of nitrogens with zero attached hydrogens (tertiary/aromatic N) is 2. The van der Waals surface area contributed by atoms with E-state index in [9.17, 15) is 4.79 Å². The first-order chi connectivity index (χ1) is 12.1. The molecule has 0 fully saturated rings. The Balaban J connectivity index is 1.62. The fourth-order valence-corrected chi connectivity index (χ4v) is 2.48. The lowest BCUT2D eigenvalue weighted by Crippen LogP contribution is -2.24. The number of anilines is 2. The van der Waals surface area contributed by atoms with Crippen LogP contribution >= 0.6 is 0 Å². The quantitative estimate of drug-likeness (QED) is 0.746. The highest BCUT2D eigenvalue weighted by Crippen LogP contribution is 2.21. The molecule has 0 aliphatic heterocycles. The van der Waals surface area contributed by atoms with Crippen LogP contribution in [0.3, 0.4) is 0 Å². The molecule has 0 aliphatic carbocycles. The molecule has 2 heterocycles. The Morgan fingerprint density at radius 1 is 1.04 bits per heavy atom. The minimum absolute atomic E-state index is 0.219. The predicted octanol–water partition coefficient (Wildman–Crippen LogP) is 3.77. The van der Waals surface area contributed by atoms with Gasteiger partial charge in [-0.3, -0.25) is 9.78 Å². The molecule has 0 atom stereocenters. The van der Waals surface area contributed by atoms with Crippen molar-refractivity contribution in [3.63, 3.8) is 0 Å². The maximum Gasteiger partial charge on any atom is 0.270 e. The van der Waals surface area contributed by atoms with Crippen LogP contribution in [0, 0.1) is 13.8 Å². The number of aromatic nitrogens is 2. The number of carbonyl (C=O) groups excluding carboxylic acids is 1. The third kappa shape index (κ3) is 4.41. The van der Waals surface area contributed by atoms with Crippen LogP contribution in [-0.2, 0) is 6.54 Å². The first-order valence-corrected chi connectivity index (χ1v) is 8.10. The lowest BCUT2D eigenvalue weighted by atomic mass is 10.1. The van der Waals surface area contributed by atoms with Crippen molar-refractivity contribution in [2.45, 2.75) is 20.4 Å². The van der Waals surface area contributed by atoms with Gasteiger partial charge in [0.05, 0.1) is 24.1 Å². The van der Waals surface area contributed by atoms with E-state index in [4.69, 9.17) is 0 Å². The molecule has 0 aliphatic rings. The number of hydrogen-bond donors (Lipinski definition) is 2. The summed E-state index contributed by atoms with van der Waals surface area (Å²) in [6.07, 6.45) is 3.36. The van der Waals surface area contributed by atoms with E-state index in [0.717, 1.165) is 22.6 Å². The van der Waals surface area contributed by atoms with Gasteiger partial charge in [0.15, 0.2) is 0 Å². The minimum atomic E-state index is -0.219. The molecule has 0 saturated heterocycles. The summed E-state index contributed by atoms with van der Waals surface area (Å²) < 4.78 is 0. The molecule has 1 amide bonds. The zero-order valence-electron chi connectivity index (χ0n) is 14.3. The molecule has 0 bridgehead atoms. The third-order valence-electron chi connectivity index (χ3n) is 3.81. The second-order valence-corrected chi connectivity index (χ2v) is 5.88. The Kier molecular flexibility index (Phi) is 5.04. The maximum absolute atomic E-state index is 12.2. The number of pyridine rings is 2. The smallest absolute Gasteiger partial charge is 0.270 e. The molecule has 5 nitrogen and oxygen atoms in total. The van der Waals surface area contributed by atoms with Gasteiger partial charge in [-0.05, 0) is 49.7 Å². The molecule has 0 saturated carbocycles. The number of aryl methyl sites for hydroxylation is 2. The lowest BCUT2D eigenvalue weighted by molar-refractivity contribution is 0.0945. The highest BCUT2D eigenvalue weighted by Gasteiger charge is 2.07. The van der Waals surface area contributed by atoms with Crippen molar-refractivity contribution < 1.29 is 4.79 Å². The van der Waals surface area contributed by atoms with Crippen LogP contribution in [0.5, 0.6) is 0 Å². The van der Waals surface area contributed by atoms with Crippen LogP contribution in [0.1, 0.15) is 27.3 Å². The first kappa shape index (κ1) is 16.6. The van der Waals surface area contributed by atoms with Crippen molar-refractivity contribution in [1.82, 2.24) is 15.3 Å². The van der Waals surface area contributed by atoms with Gasteiger partial charge < -0.3 is 10.6 Å². The van der Waals surface area contributed by atoms with Crippen molar-refractivity contribution in [3.8, 4) is 0 Å². The molecule has 25 heavy (non-hydrogen) atoms. The molecule has 2 aromatic heterocycles. The van der Waals surface area contributed by atoms with Crippen molar-refractivity contribution in [3.05, 3.63) is 83.4 Å². The average molecular weight is 332 g/mol. The van der Waals surface area contributed by atoms with Crippen LogP contribution in [-0.4, -0.2) is 15.9 Å². The number of carbonyl (C=O) groups is 1. The summed E-state index contributed by atoms with van der Waals surface area (Å²) in [6, 6.07) is 15.4. The van der Waals surface area contributed by atoms with Crippen LogP contribution in [0.15, 0.2) is 60.9 Å². The van der Waals surface area contributed by atoms with Gasteiger partial charge in [0.1, 0.15) is 5.69 Å². The summed E-state index contributed by atoms with van der Waals surface area (Å²) in [4.78, 5) is 20.6. The second-order valence-electron chi connectivity index (χ2n) is 5.88. The molecule has 0 radical (unpaired) electrons. The number of amides is 1. The molecular formula is C20H20N4O. The van der Waals surface area contributed by atoms with Gasteiger partial charge in [-0.15, -0.1) is 0 Å². The van der Waals surface area contributed by atoms with E-state index in [1.807, 2.05) is 30.3 Å². The topological polar surface area (TPSA) is 66.9 Å². The van der Waals surface area contributed by atoms with Gasteiger partial charge in [-0.1, -0.05) is 23.8 Å². The first-order valence-electron chi connectivity index (χ1n) is 8.10. The molecule has 3 rings (SSSR count). The Hall–Kier alpha value is -3.21. The van der Waals surface area contributed by atoms with Crippen LogP contribution in [0.2, 0.25) is 0 Å². The van der Waals surface area contributed by atoms with E-state index in [0.29, 0.717) is 12.2 Å². The Morgan fingerprint density at radius 3 is 2.60 bits per heavy atom. The number of benzene rings is 1. The average Bonchev–Trinajstić information content (AvgIpc) is 2.63. The summed E-state index contributed by atoms with van der Waals surface area (Å²) in [5.41, 5.74) is 5.44. The normalized spacial score (nSPS) is 10.3. The van der Waals surface area contributed by atoms with E-state index in [1.54, 1.807) is 18.5 Å². The standard InChI is InChI=1S/C20H20N4O/c1-14-6-8-18(15(2)11-14)24-17-7-9-19(22-13-17)20(25)23-12-16-5-3-4-10-21-16/h3-11,13,24H,12H2,1-2H3,(H,23,25). The van der Waals surface area contributed by atoms with Crippen molar-refractivity contribution in [2.75, 3.05) is 5.32 Å². The van der Waals surface area contributed by atoms with Crippen molar-refractivity contribution in [1.29, 1.82) is 0 Å². The maximum atomic E-state index is 12.2. The zero-order valence-corrected chi connectivity index (χ0v) is 14.3. The fraction of sp³-hybridized carbons (Fsp3) is 0.150. The monoisotopic (exact) mass is 332 g/mol. The Morgan fingerprint density at radius 2 is 1.92 bits per heavy atom. The number of nitrogens with one attached hydrogen (secondary N) is 2. The van der Waals surface area contributed by atoms with Crippen molar-refractivity contribution in [2.24, 2.45) is 0 Å². The summed E-state index contributed by atoms with van der Waals surface area (Å²) in [5.74, 6) is -0.219. The summed E-state index contributed by atoms with van der Waals surface area (Å²) in [6.45, 7) is 4.50. The zero-order chi connectivity index (χ0) is 17.6. The SMILES string of the molecule is Cc1ccc(Nc2ccc(C(=O)NCc3ccccn3)nc2)c(C)c1. The molecule has 0 unspecified atom stereocenters. The van der Waals surface area contributed by atoms with E-state index in [2.05, 4.69) is 46.6 Å².